The van der Waals surface area contributed by atoms with Crippen molar-refractivity contribution in [2.75, 3.05) is 13.2 Å². The summed E-state index contributed by atoms with van der Waals surface area (Å²) in [4.78, 5) is 6.86. The molecule has 2 unspecified atom stereocenters. The van der Waals surface area contributed by atoms with Gasteiger partial charge >= 0.3 is 0 Å². The van der Waals surface area contributed by atoms with Gasteiger partial charge in [0.25, 0.3) is 0 Å². The van der Waals surface area contributed by atoms with Crippen LogP contribution in [0.5, 0.6) is 0 Å². The Labute approximate surface area is 122 Å². The van der Waals surface area contributed by atoms with Crippen LogP contribution in [0.4, 0.5) is 0 Å². The van der Waals surface area contributed by atoms with Crippen LogP contribution in [0.25, 0.3) is 4.96 Å². The maximum atomic E-state index is 10.5. The van der Waals surface area contributed by atoms with Gasteiger partial charge in [-0.1, -0.05) is 0 Å². The maximum Gasteiger partial charge on any atom is 0.194 e. The first-order chi connectivity index (χ1) is 9.49. The summed E-state index contributed by atoms with van der Waals surface area (Å²) < 4.78 is 7.59. The Balaban J connectivity index is 1.69. The van der Waals surface area contributed by atoms with Gasteiger partial charge in [-0.2, -0.15) is 0 Å². The van der Waals surface area contributed by atoms with Gasteiger partial charge in [0.15, 0.2) is 4.96 Å². The monoisotopic (exact) mass is 295 g/mol. The number of aryl methyl sites for hydroxylation is 2. The molecule has 1 saturated heterocycles. The van der Waals surface area contributed by atoms with Gasteiger partial charge in [-0.15, -0.1) is 11.3 Å². The number of thiazole rings is 1. The lowest BCUT2D eigenvalue weighted by Gasteiger charge is -2.26. The minimum atomic E-state index is -0.748. The van der Waals surface area contributed by atoms with E-state index in [0.717, 1.165) is 10.7 Å². The Morgan fingerprint density at radius 2 is 2.40 bits per heavy atom. The average Bonchev–Trinajstić information content (AvgIpc) is 2.97. The molecule has 0 bridgehead atoms. The fourth-order valence-corrected chi connectivity index (χ4v) is 3.61. The molecule has 1 fully saturated rings. The molecular formula is C14H21N3O2S. The molecule has 6 heteroatoms. The lowest BCUT2D eigenvalue weighted by molar-refractivity contribution is -0.0263. The second-order valence-corrected chi connectivity index (χ2v) is 6.82. The van der Waals surface area contributed by atoms with E-state index in [1.807, 2.05) is 13.8 Å². The van der Waals surface area contributed by atoms with Crippen LogP contribution in [0.15, 0.2) is 6.20 Å². The summed E-state index contributed by atoms with van der Waals surface area (Å²) in [7, 11) is 0. The number of nitrogens with one attached hydrogen (secondary N) is 1. The molecule has 0 spiro atoms. The van der Waals surface area contributed by atoms with Crippen LogP contribution in [0.3, 0.4) is 0 Å². The molecule has 20 heavy (non-hydrogen) atoms. The molecule has 0 aromatic carbocycles. The highest BCUT2D eigenvalue weighted by Gasteiger charge is 2.39. The molecule has 3 rings (SSSR count). The standard InChI is InChI=1S/C14H21N3O2S/c1-9-7-17-12(10(2)16-13(17)20-9)6-15-8-14(18)4-5-19-11(14)3/h7,11,15,18H,4-6,8H2,1-3H3. The van der Waals surface area contributed by atoms with E-state index in [1.54, 1.807) is 11.3 Å². The van der Waals surface area contributed by atoms with Gasteiger partial charge in [0.2, 0.25) is 0 Å². The number of hydrogen-bond acceptors (Lipinski definition) is 5. The Morgan fingerprint density at radius 1 is 1.60 bits per heavy atom. The quantitative estimate of drug-likeness (QED) is 0.900. The minimum Gasteiger partial charge on any atom is -0.386 e. The summed E-state index contributed by atoms with van der Waals surface area (Å²) in [5.41, 5.74) is 1.47. The number of hydrogen-bond donors (Lipinski definition) is 2. The van der Waals surface area contributed by atoms with Crippen LogP contribution in [0, 0.1) is 13.8 Å². The fourth-order valence-electron chi connectivity index (χ4n) is 2.72. The van der Waals surface area contributed by atoms with Gasteiger partial charge in [0.05, 0.1) is 17.5 Å². The number of nitrogens with zero attached hydrogens (tertiary/aromatic N) is 2. The van der Waals surface area contributed by atoms with Crippen LogP contribution < -0.4 is 5.32 Å². The topological polar surface area (TPSA) is 58.8 Å². The number of aliphatic hydroxyl groups is 1. The van der Waals surface area contributed by atoms with Crippen molar-refractivity contribution < 1.29 is 9.84 Å². The summed E-state index contributed by atoms with van der Waals surface area (Å²) in [5, 5.41) is 13.8. The van der Waals surface area contributed by atoms with E-state index >= 15 is 0 Å². The van der Waals surface area contributed by atoms with Crippen molar-refractivity contribution in [1.29, 1.82) is 0 Å². The molecule has 0 radical (unpaired) electrons. The van der Waals surface area contributed by atoms with Crippen molar-refractivity contribution in [3.63, 3.8) is 0 Å². The summed E-state index contributed by atoms with van der Waals surface area (Å²) in [6.45, 7) is 7.94. The van der Waals surface area contributed by atoms with Crippen molar-refractivity contribution >= 4 is 16.3 Å². The zero-order valence-electron chi connectivity index (χ0n) is 12.1. The van der Waals surface area contributed by atoms with Gasteiger partial charge in [-0.3, -0.25) is 4.40 Å². The smallest absolute Gasteiger partial charge is 0.194 e. The zero-order valence-corrected chi connectivity index (χ0v) is 13.0. The highest BCUT2D eigenvalue weighted by atomic mass is 32.1. The number of imidazole rings is 1. The first kappa shape index (κ1) is 14.0. The van der Waals surface area contributed by atoms with Gasteiger partial charge < -0.3 is 15.2 Å². The Kier molecular flexibility index (Phi) is 3.58. The molecule has 3 heterocycles. The predicted octanol–water partition coefficient (Wildman–Crippen LogP) is 1.64. The molecule has 2 aromatic rings. The molecule has 2 aromatic heterocycles. The van der Waals surface area contributed by atoms with E-state index < -0.39 is 5.60 Å². The first-order valence-electron chi connectivity index (χ1n) is 6.98. The lowest BCUT2D eigenvalue weighted by Crippen LogP contribution is -2.45. The van der Waals surface area contributed by atoms with E-state index in [-0.39, 0.29) is 6.10 Å². The molecule has 110 valence electrons. The highest BCUT2D eigenvalue weighted by Crippen LogP contribution is 2.25. The van der Waals surface area contributed by atoms with E-state index in [1.165, 1.54) is 10.6 Å². The third-order valence-corrected chi connectivity index (χ3v) is 5.02. The van der Waals surface area contributed by atoms with Crippen LogP contribution in [0.2, 0.25) is 0 Å². The highest BCUT2D eigenvalue weighted by molar-refractivity contribution is 7.17. The molecule has 1 aliphatic heterocycles. The Morgan fingerprint density at radius 3 is 3.10 bits per heavy atom. The fraction of sp³-hybridized carbons (Fsp3) is 0.643. The molecule has 5 nitrogen and oxygen atoms in total. The second-order valence-electron chi connectivity index (χ2n) is 5.61. The van der Waals surface area contributed by atoms with Crippen molar-refractivity contribution in [3.05, 3.63) is 22.5 Å². The number of aromatic nitrogens is 2. The SMILES string of the molecule is Cc1cn2c(CNCC3(O)CCOC3C)c(C)nc2s1. The van der Waals surface area contributed by atoms with Crippen molar-refractivity contribution in [2.45, 2.75) is 45.4 Å². The molecule has 0 aliphatic carbocycles. The Hall–Kier alpha value is -0.950. The van der Waals surface area contributed by atoms with Crippen molar-refractivity contribution in [2.24, 2.45) is 0 Å². The summed E-state index contributed by atoms with van der Waals surface area (Å²) in [5.74, 6) is 0. The summed E-state index contributed by atoms with van der Waals surface area (Å²) in [6.07, 6.45) is 2.71. The molecule has 2 atom stereocenters. The van der Waals surface area contributed by atoms with Gasteiger partial charge in [-0.25, -0.2) is 4.98 Å². The van der Waals surface area contributed by atoms with Crippen molar-refractivity contribution in [1.82, 2.24) is 14.7 Å². The normalized spacial score (nSPS) is 26.7. The molecule has 1 aliphatic rings. The van der Waals surface area contributed by atoms with Crippen LogP contribution in [-0.2, 0) is 11.3 Å². The van der Waals surface area contributed by atoms with Gasteiger partial charge in [0, 0.05) is 37.2 Å². The number of rotatable bonds is 4. The van der Waals surface area contributed by atoms with E-state index in [2.05, 4.69) is 27.8 Å². The number of fused-ring (bicyclic) bond motifs is 1. The maximum absolute atomic E-state index is 10.5. The van der Waals surface area contributed by atoms with Crippen LogP contribution in [-0.4, -0.2) is 39.3 Å². The molecule has 0 saturated carbocycles. The minimum absolute atomic E-state index is 0.107. The molecule has 0 amide bonds. The largest absolute Gasteiger partial charge is 0.386 e. The number of ether oxygens (including phenoxy) is 1. The third kappa shape index (κ3) is 2.37. The van der Waals surface area contributed by atoms with E-state index in [4.69, 9.17) is 4.74 Å². The average molecular weight is 295 g/mol. The van der Waals surface area contributed by atoms with E-state index in [9.17, 15) is 5.11 Å². The van der Waals surface area contributed by atoms with Crippen molar-refractivity contribution in [3.8, 4) is 0 Å². The molecular weight excluding hydrogens is 274 g/mol. The van der Waals surface area contributed by atoms with Gasteiger partial charge in [0.1, 0.15) is 5.60 Å². The summed E-state index contributed by atoms with van der Waals surface area (Å²) in [6, 6.07) is 0. The van der Waals surface area contributed by atoms with E-state index in [0.29, 0.717) is 26.1 Å². The molecule has 2 N–H and O–H groups in total. The predicted molar refractivity (Wildman–Crippen MR) is 79.2 cm³/mol. The second kappa shape index (κ2) is 5.11. The summed E-state index contributed by atoms with van der Waals surface area (Å²) >= 11 is 1.70. The van der Waals surface area contributed by atoms with Gasteiger partial charge in [-0.05, 0) is 20.8 Å². The van der Waals surface area contributed by atoms with Crippen LogP contribution in [0.1, 0.15) is 29.6 Å². The Bertz CT molecular complexity index is 621. The lowest BCUT2D eigenvalue weighted by atomic mass is 9.97. The third-order valence-electron chi connectivity index (χ3n) is 4.12. The zero-order chi connectivity index (χ0) is 14.3. The van der Waals surface area contributed by atoms with Crippen LogP contribution >= 0.6 is 11.3 Å². The first-order valence-corrected chi connectivity index (χ1v) is 7.80.